The van der Waals surface area contributed by atoms with Gasteiger partial charge in [-0.3, -0.25) is 0 Å². The fraction of sp³-hybridized carbons (Fsp3) is 0.333. The molecule has 0 aliphatic carbocycles. The molecule has 0 fully saturated rings. The third-order valence-electron chi connectivity index (χ3n) is 0.439. The Hall–Kier alpha value is 0.180. The first-order chi connectivity index (χ1) is 3.91. The number of allylic oxidation sites excluding steroid dienone is 2. The fourth-order valence-electron chi connectivity index (χ4n) is 0.175. The van der Waals surface area contributed by atoms with E-state index in [0.29, 0.717) is 0 Å². The summed E-state index contributed by atoms with van der Waals surface area (Å²) >= 11 is 0. The smallest absolute Gasteiger partial charge is 0.0221 e. The van der Waals surface area contributed by atoms with Crippen LogP contribution in [0.25, 0.3) is 0 Å². The maximum absolute atomic E-state index is 2.06. The van der Waals surface area contributed by atoms with E-state index in [-0.39, 0.29) is 0 Å². The Bertz CT molecular complexity index is 72.5. The van der Waals surface area contributed by atoms with Crippen LogP contribution < -0.4 is 0 Å². The fourth-order valence-corrected chi connectivity index (χ4v) is 1.58. The predicted octanol–water partition coefficient (Wildman–Crippen LogP) is 3.44. The predicted molar refractivity (Wildman–Crippen MR) is 44.8 cm³/mol. The van der Waals surface area contributed by atoms with Crippen molar-refractivity contribution in [2.45, 2.75) is 13.8 Å². The molecule has 0 bridgehead atoms. The van der Waals surface area contributed by atoms with Gasteiger partial charge in [0.1, 0.15) is 0 Å². The molecule has 0 aromatic rings. The van der Waals surface area contributed by atoms with Crippen LogP contribution in [0.15, 0.2) is 23.0 Å². The highest BCUT2D eigenvalue weighted by Gasteiger charge is 1.71. The van der Waals surface area contributed by atoms with Crippen LogP contribution in [-0.4, -0.2) is 0 Å². The van der Waals surface area contributed by atoms with E-state index in [1.54, 1.807) is 21.6 Å². The summed E-state index contributed by atoms with van der Waals surface area (Å²) in [5, 5.41) is 4.12. The molecule has 0 aliphatic heterocycles. The van der Waals surface area contributed by atoms with Crippen molar-refractivity contribution in [3.8, 4) is 0 Å². The third-order valence-corrected chi connectivity index (χ3v) is 2.32. The molecular formula is C6H10S2. The van der Waals surface area contributed by atoms with E-state index in [4.69, 9.17) is 0 Å². The minimum Gasteiger partial charge on any atom is -0.0805 e. The molecule has 0 rings (SSSR count). The summed E-state index contributed by atoms with van der Waals surface area (Å²) < 4.78 is 0. The first-order valence-electron chi connectivity index (χ1n) is 2.46. The van der Waals surface area contributed by atoms with Gasteiger partial charge in [0.15, 0.2) is 0 Å². The lowest BCUT2D eigenvalue weighted by Crippen LogP contribution is -1.38. The van der Waals surface area contributed by atoms with E-state index in [1.165, 1.54) is 0 Å². The maximum Gasteiger partial charge on any atom is -0.0221 e. The van der Waals surface area contributed by atoms with Gasteiger partial charge in [0.05, 0.1) is 0 Å². The van der Waals surface area contributed by atoms with Gasteiger partial charge in [-0.2, -0.15) is 0 Å². The van der Waals surface area contributed by atoms with E-state index in [1.807, 2.05) is 26.0 Å². The molecule has 0 aromatic carbocycles. The van der Waals surface area contributed by atoms with Gasteiger partial charge >= 0.3 is 0 Å². The lowest BCUT2D eigenvalue weighted by atomic mass is 10.8. The van der Waals surface area contributed by atoms with Crippen LogP contribution >= 0.6 is 21.6 Å². The number of rotatable bonds is 3. The van der Waals surface area contributed by atoms with E-state index in [0.717, 1.165) is 0 Å². The van der Waals surface area contributed by atoms with E-state index in [2.05, 4.69) is 10.8 Å². The molecule has 0 saturated heterocycles. The van der Waals surface area contributed by atoms with E-state index < -0.39 is 0 Å². The highest BCUT2D eigenvalue weighted by Crippen LogP contribution is 2.22. The van der Waals surface area contributed by atoms with Crippen LogP contribution in [0.1, 0.15) is 13.8 Å². The molecule has 46 valence electrons. The second-order valence-corrected chi connectivity index (χ2v) is 3.22. The lowest BCUT2D eigenvalue weighted by molar-refractivity contribution is 1.79. The van der Waals surface area contributed by atoms with Gasteiger partial charge in [-0.25, -0.2) is 0 Å². The third kappa shape index (κ3) is 6.18. The van der Waals surface area contributed by atoms with E-state index in [9.17, 15) is 0 Å². The van der Waals surface area contributed by atoms with Crippen molar-refractivity contribution in [2.24, 2.45) is 0 Å². The summed E-state index contributed by atoms with van der Waals surface area (Å²) in [4.78, 5) is 0. The average molecular weight is 146 g/mol. The maximum atomic E-state index is 2.06. The number of hydrogen-bond donors (Lipinski definition) is 0. The van der Waals surface area contributed by atoms with Gasteiger partial charge in [-0.05, 0) is 24.7 Å². The zero-order chi connectivity index (χ0) is 6.24. The molecule has 0 N–H and O–H groups in total. The van der Waals surface area contributed by atoms with Crippen molar-refractivity contribution in [1.29, 1.82) is 0 Å². The van der Waals surface area contributed by atoms with Crippen LogP contribution in [0.3, 0.4) is 0 Å². The Labute approximate surface area is 58.8 Å². The summed E-state index contributed by atoms with van der Waals surface area (Å²) in [6.45, 7) is 4.03. The van der Waals surface area contributed by atoms with E-state index >= 15 is 0 Å². The van der Waals surface area contributed by atoms with Crippen LogP contribution in [0.2, 0.25) is 0 Å². The Balaban J connectivity index is 2.93. The average Bonchev–Trinajstić information content (AvgIpc) is 1.81. The second kappa shape index (κ2) is 7.18. The summed E-state index contributed by atoms with van der Waals surface area (Å²) in [7, 11) is 3.45. The van der Waals surface area contributed by atoms with Crippen LogP contribution in [0, 0.1) is 0 Å². The molecule has 0 radical (unpaired) electrons. The zero-order valence-corrected chi connectivity index (χ0v) is 6.76. The first-order valence-corrected chi connectivity index (χ1v) is 4.74. The molecule has 0 aromatic heterocycles. The topological polar surface area (TPSA) is 0 Å². The molecule has 0 unspecified atom stereocenters. The van der Waals surface area contributed by atoms with Crippen molar-refractivity contribution in [3.05, 3.63) is 23.0 Å². The summed E-state index contributed by atoms with van der Waals surface area (Å²) in [6, 6.07) is 0. The monoisotopic (exact) mass is 146 g/mol. The van der Waals surface area contributed by atoms with Gasteiger partial charge in [-0.15, -0.1) is 0 Å². The summed E-state index contributed by atoms with van der Waals surface area (Å²) in [6.07, 6.45) is 4.06. The van der Waals surface area contributed by atoms with Gasteiger partial charge in [-0.1, -0.05) is 33.7 Å². The second-order valence-electron chi connectivity index (χ2n) is 1.13. The summed E-state index contributed by atoms with van der Waals surface area (Å²) in [5.41, 5.74) is 0. The summed E-state index contributed by atoms with van der Waals surface area (Å²) in [5.74, 6) is 0. The van der Waals surface area contributed by atoms with Gasteiger partial charge in [0.25, 0.3) is 0 Å². The van der Waals surface area contributed by atoms with Gasteiger partial charge < -0.3 is 0 Å². The molecule has 0 amide bonds. The van der Waals surface area contributed by atoms with Gasteiger partial charge in [0, 0.05) is 0 Å². The zero-order valence-electron chi connectivity index (χ0n) is 5.13. The Kier molecular flexibility index (Phi) is 7.34. The highest BCUT2D eigenvalue weighted by atomic mass is 33.1. The quantitative estimate of drug-likeness (QED) is 0.442. The molecular weight excluding hydrogens is 136 g/mol. The van der Waals surface area contributed by atoms with Crippen LogP contribution in [-0.2, 0) is 0 Å². The number of hydrogen-bond acceptors (Lipinski definition) is 2. The first kappa shape index (κ1) is 8.18. The Morgan fingerprint density at radius 1 is 0.875 bits per heavy atom. The normalized spacial score (nSPS) is 11.8. The van der Waals surface area contributed by atoms with Crippen LogP contribution in [0.5, 0.6) is 0 Å². The molecule has 0 heterocycles. The minimum absolute atomic E-state index is 1.73. The Morgan fingerprint density at radius 3 is 1.50 bits per heavy atom. The van der Waals surface area contributed by atoms with Crippen molar-refractivity contribution in [3.63, 3.8) is 0 Å². The van der Waals surface area contributed by atoms with Crippen molar-refractivity contribution in [1.82, 2.24) is 0 Å². The minimum atomic E-state index is 1.73. The molecule has 0 atom stereocenters. The Morgan fingerprint density at radius 2 is 1.25 bits per heavy atom. The van der Waals surface area contributed by atoms with Crippen molar-refractivity contribution in [2.75, 3.05) is 0 Å². The molecule has 0 aliphatic rings. The van der Waals surface area contributed by atoms with Crippen LogP contribution in [0.4, 0.5) is 0 Å². The SMILES string of the molecule is CC=CSSC=CC. The molecule has 0 nitrogen and oxygen atoms in total. The lowest BCUT2D eigenvalue weighted by Gasteiger charge is -1.80. The van der Waals surface area contributed by atoms with Gasteiger partial charge in [0.2, 0.25) is 0 Å². The van der Waals surface area contributed by atoms with Crippen molar-refractivity contribution < 1.29 is 0 Å². The molecule has 2 heteroatoms. The van der Waals surface area contributed by atoms with Crippen molar-refractivity contribution >= 4 is 21.6 Å². The standard InChI is InChI=1S/C6H10S2/c1-3-5-7-8-6-4-2/h3-6H,1-2H3. The molecule has 0 spiro atoms. The molecule has 8 heavy (non-hydrogen) atoms. The highest BCUT2D eigenvalue weighted by molar-refractivity contribution is 8.78. The largest absolute Gasteiger partial charge is 0.0805 e. The molecule has 0 saturated carbocycles.